The molecule has 0 aliphatic heterocycles. The quantitative estimate of drug-likeness (QED) is 0.337. The Kier molecular flexibility index (Phi) is 7.41. The fraction of sp³-hybridized carbons (Fsp3) is 0.179. The summed E-state index contributed by atoms with van der Waals surface area (Å²) in [5.74, 6) is 0.237. The first-order valence-electron chi connectivity index (χ1n) is 11.3. The topological polar surface area (TPSA) is 86.6 Å². The highest BCUT2D eigenvalue weighted by atomic mass is 35.5. The Morgan fingerprint density at radius 2 is 1.67 bits per heavy atom. The van der Waals surface area contributed by atoms with Crippen molar-refractivity contribution in [2.45, 2.75) is 19.9 Å². The molecule has 184 valence electrons. The van der Waals surface area contributed by atoms with Crippen molar-refractivity contribution in [2.75, 3.05) is 19.5 Å². The zero-order valence-corrected chi connectivity index (χ0v) is 20.9. The Hall–Kier alpha value is -4.10. The Morgan fingerprint density at radius 3 is 2.33 bits per heavy atom. The zero-order valence-electron chi connectivity index (χ0n) is 20.1. The summed E-state index contributed by atoms with van der Waals surface area (Å²) in [6, 6.07) is 17.0. The van der Waals surface area contributed by atoms with Crippen LogP contribution >= 0.6 is 11.6 Å². The molecule has 0 saturated carbocycles. The third kappa shape index (κ3) is 5.11. The molecule has 4 rings (SSSR count). The first-order valence-corrected chi connectivity index (χ1v) is 11.7. The van der Waals surface area contributed by atoms with Gasteiger partial charge in [-0.25, -0.2) is 0 Å². The third-order valence-corrected chi connectivity index (χ3v) is 6.13. The number of rotatable bonds is 8. The summed E-state index contributed by atoms with van der Waals surface area (Å²) in [6.45, 7) is 1.89. The van der Waals surface area contributed by atoms with Gasteiger partial charge in [-0.15, -0.1) is 0 Å². The SMILES string of the molecule is CCc1ccc(C(=O)c2cn(CC(=O)Nc3ccc(OC)c(OC)c3)c3ccc(Cl)cc3c2=O)cc1. The number of ketones is 1. The number of hydrogen-bond acceptors (Lipinski definition) is 5. The van der Waals surface area contributed by atoms with Crippen LogP contribution in [0, 0.1) is 0 Å². The highest BCUT2D eigenvalue weighted by Gasteiger charge is 2.19. The van der Waals surface area contributed by atoms with Crippen LogP contribution in [0.3, 0.4) is 0 Å². The number of benzene rings is 3. The Morgan fingerprint density at radius 1 is 0.944 bits per heavy atom. The number of methoxy groups -OCH3 is 2. The Bertz CT molecular complexity index is 1510. The van der Waals surface area contributed by atoms with Crippen LogP contribution in [0.4, 0.5) is 5.69 Å². The van der Waals surface area contributed by atoms with Gasteiger partial charge in [-0.3, -0.25) is 14.4 Å². The molecule has 0 unspecified atom stereocenters. The number of hydrogen-bond donors (Lipinski definition) is 1. The number of fused-ring (bicyclic) bond motifs is 1. The molecule has 1 aromatic heterocycles. The van der Waals surface area contributed by atoms with Crippen LogP contribution in [0.25, 0.3) is 10.9 Å². The number of halogens is 1. The minimum Gasteiger partial charge on any atom is -0.493 e. The second kappa shape index (κ2) is 10.7. The second-order valence-electron chi connectivity index (χ2n) is 8.16. The summed E-state index contributed by atoms with van der Waals surface area (Å²) in [5, 5.41) is 3.44. The smallest absolute Gasteiger partial charge is 0.244 e. The van der Waals surface area contributed by atoms with Gasteiger partial charge in [0, 0.05) is 33.9 Å². The minimum atomic E-state index is -0.436. The molecule has 7 nitrogen and oxygen atoms in total. The summed E-state index contributed by atoms with van der Waals surface area (Å²) in [6.07, 6.45) is 2.27. The van der Waals surface area contributed by atoms with E-state index in [-0.39, 0.29) is 23.4 Å². The normalized spacial score (nSPS) is 10.8. The highest BCUT2D eigenvalue weighted by molar-refractivity contribution is 6.31. The van der Waals surface area contributed by atoms with E-state index in [1.165, 1.54) is 26.5 Å². The summed E-state index contributed by atoms with van der Waals surface area (Å²) >= 11 is 6.16. The highest BCUT2D eigenvalue weighted by Crippen LogP contribution is 2.29. The minimum absolute atomic E-state index is 0.0343. The van der Waals surface area contributed by atoms with Crippen molar-refractivity contribution >= 4 is 39.9 Å². The molecule has 0 fully saturated rings. The molecule has 8 heteroatoms. The van der Waals surface area contributed by atoms with Crippen molar-refractivity contribution in [2.24, 2.45) is 0 Å². The number of aromatic nitrogens is 1. The van der Waals surface area contributed by atoms with Gasteiger partial charge in [0.15, 0.2) is 17.3 Å². The van der Waals surface area contributed by atoms with Crippen LogP contribution in [0.1, 0.15) is 28.4 Å². The maximum absolute atomic E-state index is 13.3. The number of ether oxygens (including phenoxy) is 2. The van der Waals surface area contributed by atoms with Crippen molar-refractivity contribution in [1.82, 2.24) is 4.57 Å². The molecule has 1 N–H and O–H groups in total. The van der Waals surface area contributed by atoms with Crippen LogP contribution in [0.2, 0.25) is 5.02 Å². The van der Waals surface area contributed by atoms with Crippen LogP contribution in [-0.4, -0.2) is 30.5 Å². The van der Waals surface area contributed by atoms with Crippen molar-refractivity contribution in [3.8, 4) is 11.5 Å². The molecule has 0 saturated heterocycles. The van der Waals surface area contributed by atoms with Crippen LogP contribution < -0.4 is 20.2 Å². The molecule has 4 aromatic rings. The van der Waals surface area contributed by atoms with Crippen molar-refractivity contribution in [3.63, 3.8) is 0 Å². The molecule has 0 aliphatic rings. The number of anilines is 1. The van der Waals surface area contributed by atoms with Crippen LogP contribution in [-0.2, 0) is 17.8 Å². The van der Waals surface area contributed by atoms with Gasteiger partial charge < -0.3 is 19.4 Å². The van der Waals surface area contributed by atoms with Crippen LogP contribution in [0.15, 0.2) is 71.7 Å². The molecule has 0 bridgehead atoms. The van der Waals surface area contributed by atoms with E-state index in [4.69, 9.17) is 21.1 Å². The molecular weight excluding hydrogens is 480 g/mol. The molecule has 0 radical (unpaired) electrons. The monoisotopic (exact) mass is 504 g/mol. The van der Waals surface area contributed by atoms with E-state index in [9.17, 15) is 14.4 Å². The van der Waals surface area contributed by atoms with E-state index >= 15 is 0 Å². The molecule has 0 spiro atoms. The van der Waals surface area contributed by atoms with Gasteiger partial charge in [0.05, 0.1) is 25.3 Å². The molecule has 36 heavy (non-hydrogen) atoms. The van der Waals surface area contributed by atoms with E-state index in [1.807, 2.05) is 19.1 Å². The molecule has 3 aromatic carbocycles. The average molecular weight is 505 g/mol. The predicted molar refractivity (Wildman–Crippen MR) is 141 cm³/mol. The summed E-state index contributed by atoms with van der Waals surface area (Å²) in [5.41, 5.74) is 2.01. The van der Waals surface area contributed by atoms with E-state index in [1.54, 1.807) is 47.0 Å². The maximum atomic E-state index is 13.3. The lowest BCUT2D eigenvalue weighted by atomic mass is 10.0. The molecule has 0 atom stereocenters. The molecule has 1 amide bonds. The number of pyridine rings is 1. The van der Waals surface area contributed by atoms with Gasteiger partial charge in [-0.1, -0.05) is 42.8 Å². The first-order chi connectivity index (χ1) is 17.3. The van der Waals surface area contributed by atoms with E-state index in [0.29, 0.717) is 33.3 Å². The van der Waals surface area contributed by atoms with E-state index in [2.05, 4.69) is 5.32 Å². The van der Waals surface area contributed by atoms with Gasteiger partial charge in [-0.2, -0.15) is 0 Å². The number of carbonyl (C=O) groups excluding carboxylic acids is 2. The van der Waals surface area contributed by atoms with Crippen molar-refractivity contribution in [1.29, 1.82) is 0 Å². The maximum Gasteiger partial charge on any atom is 0.244 e. The zero-order chi connectivity index (χ0) is 25.8. The Balaban J connectivity index is 1.71. The second-order valence-corrected chi connectivity index (χ2v) is 8.60. The molecule has 0 aliphatic carbocycles. The summed E-state index contributed by atoms with van der Waals surface area (Å²) in [7, 11) is 3.04. The fourth-order valence-electron chi connectivity index (χ4n) is 3.98. The lowest BCUT2D eigenvalue weighted by Gasteiger charge is -2.15. The van der Waals surface area contributed by atoms with Gasteiger partial charge in [0.25, 0.3) is 0 Å². The lowest BCUT2D eigenvalue weighted by Crippen LogP contribution is -2.24. The molecular formula is C28H25ClN2O5. The van der Waals surface area contributed by atoms with Gasteiger partial charge in [0.1, 0.15) is 6.54 Å². The standard InChI is InChI=1S/C28H25ClN2O5/c1-4-17-5-7-18(8-6-17)27(33)22-15-31(23-11-9-19(29)13-21(23)28(22)34)16-26(32)30-20-10-12-24(35-2)25(14-20)36-3/h5-15H,4,16H2,1-3H3,(H,30,32). The van der Waals surface area contributed by atoms with E-state index in [0.717, 1.165) is 12.0 Å². The number of nitrogens with zero attached hydrogens (tertiary/aromatic N) is 1. The van der Waals surface area contributed by atoms with Crippen LogP contribution in [0.5, 0.6) is 11.5 Å². The Labute approximate surface area is 213 Å². The predicted octanol–water partition coefficient (Wildman–Crippen LogP) is 5.10. The molecule has 1 heterocycles. The van der Waals surface area contributed by atoms with Crippen molar-refractivity contribution < 1.29 is 19.1 Å². The number of nitrogens with one attached hydrogen (secondary N) is 1. The summed E-state index contributed by atoms with van der Waals surface area (Å²) in [4.78, 5) is 39.5. The van der Waals surface area contributed by atoms with Gasteiger partial charge in [-0.05, 0) is 42.3 Å². The van der Waals surface area contributed by atoms with E-state index < -0.39 is 11.2 Å². The number of aryl methyl sites for hydroxylation is 1. The average Bonchev–Trinajstić information content (AvgIpc) is 2.89. The number of carbonyl (C=O) groups is 2. The summed E-state index contributed by atoms with van der Waals surface area (Å²) < 4.78 is 12.1. The fourth-order valence-corrected chi connectivity index (χ4v) is 4.15. The third-order valence-electron chi connectivity index (χ3n) is 5.89. The van der Waals surface area contributed by atoms with Crippen molar-refractivity contribution in [3.05, 3.63) is 98.8 Å². The number of amides is 1. The largest absolute Gasteiger partial charge is 0.493 e. The van der Waals surface area contributed by atoms with Gasteiger partial charge in [0.2, 0.25) is 11.3 Å². The lowest BCUT2D eigenvalue weighted by molar-refractivity contribution is -0.116. The van der Waals surface area contributed by atoms with Gasteiger partial charge >= 0.3 is 0 Å². The first kappa shape index (κ1) is 25.0.